The number of carbonyl (C=O) groups excluding carboxylic acids is 3. The standard InChI is InChI=1S/C23H23F2N3O4/c1-13(26-23(32)20(29)15-10-16(24)12-17(25)11-15)21(30)28-19-9-5-8-18(27-22(19)31)14-6-3-2-4-7-14/h2-7,9-13,18-20,29H,8H2,1H3,(H,26,32)(H,27,31)(H,28,30)/t13?,18?,19-,20-/m0/s1. The summed E-state index contributed by atoms with van der Waals surface area (Å²) in [5.74, 6) is -3.98. The van der Waals surface area contributed by atoms with E-state index < -0.39 is 47.5 Å². The highest BCUT2D eigenvalue weighted by Crippen LogP contribution is 2.20. The van der Waals surface area contributed by atoms with Crippen molar-refractivity contribution in [3.8, 4) is 0 Å². The fourth-order valence-corrected chi connectivity index (χ4v) is 3.30. The van der Waals surface area contributed by atoms with Gasteiger partial charge in [-0.1, -0.05) is 42.5 Å². The fourth-order valence-electron chi connectivity index (χ4n) is 3.30. The Morgan fingerprint density at radius 3 is 2.41 bits per heavy atom. The van der Waals surface area contributed by atoms with E-state index in [0.717, 1.165) is 17.7 Å². The number of rotatable bonds is 6. The zero-order valence-electron chi connectivity index (χ0n) is 17.2. The minimum atomic E-state index is -1.87. The highest BCUT2D eigenvalue weighted by Gasteiger charge is 2.28. The lowest BCUT2D eigenvalue weighted by molar-refractivity contribution is -0.134. The van der Waals surface area contributed by atoms with Crippen LogP contribution in [0, 0.1) is 11.6 Å². The van der Waals surface area contributed by atoms with Crippen LogP contribution in [0.5, 0.6) is 0 Å². The van der Waals surface area contributed by atoms with E-state index >= 15 is 0 Å². The van der Waals surface area contributed by atoms with Crippen molar-refractivity contribution in [3.05, 3.63) is 83.4 Å². The molecule has 32 heavy (non-hydrogen) atoms. The van der Waals surface area contributed by atoms with Gasteiger partial charge in [-0.3, -0.25) is 14.4 Å². The fraction of sp³-hybridized carbons (Fsp3) is 0.261. The summed E-state index contributed by atoms with van der Waals surface area (Å²) >= 11 is 0. The van der Waals surface area contributed by atoms with Crippen LogP contribution in [0.3, 0.4) is 0 Å². The lowest BCUT2D eigenvalue weighted by Gasteiger charge is -2.21. The summed E-state index contributed by atoms with van der Waals surface area (Å²) in [5, 5.41) is 17.7. The number of benzene rings is 2. The molecule has 3 amide bonds. The molecule has 0 radical (unpaired) electrons. The van der Waals surface area contributed by atoms with Gasteiger partial charge in [0.1, 0.15) is 23.7 Å². The van der Waals surface area contributed by atoms with Gasteiger partial charge in [-0.15, -0.1) is 0 Å². The summed E-state index contributed by atoms with van der Waals surface area (Å²) < 4.78 is 26.6. The Bertz CT molecular complexity index is 1010. The third kappa shape index (κ3) is 5.76. The molecular formula is C23H23F2N3O4. The molecule has 2 aromatic carbocycles. The lowest BCUT2D eigenvalue weighted by Crippen LogP contribution is -2.52. The summed E-state index contributed by atoms with van der Waals surface area (Å²) in [6, 6.07) is 9.35. The quantitative estimate of drug-likeness (QED) is 0.511. The van der Waals surface area contributed by atoms with Gasteiger partial charge in [0.25, 0.3) is 5.91 Å². The Balaban J connectivity index is 1.58. The topological polar surface area (TPSA) is 108 Å². The maximum Gasteiger partial charge on any atom is 0.254 e. The first-order chi connectivity index (χ1) is 15.2. The van der Waals surface area contributed by atoms with Gasteiger partial charge in [-0.2, -0.15) is 0 Å². The van der Waals surface area contributed by atoms with Gasteiger partial charge in [-0.25, -0.2) is 8.78 Å². The molecule has 1 aliphatic rings. The van der Waals surface area contributed by atoms with Crippen LogP contribution in [0.1, 0.15) is 36.6 Å². The van der Waals surface area contributed by atoms with E-state index in [2.05, 4.69) is 16.0 Å². The SMILES string of the molecule is CC(NC(=O)[C@@H](O)c1cc(F)cc(F)c1)C(=O)N[C@H]1C=CCC(c2ccccc2)NC1=O. The molecule has 0 bridgehead atoms. The molecular weight excluding hydrogens is 420 g/mol. The van der Waals surface area contributed by atoms with E-state index in [4.69, 9.17) is 0 Å². The molecule has 3 rings (SSSR count). The molecule has 1 heterocycles. The maximum absolute atomic E-state index is 13.3. The van der Waals surface area contributed by atoms with Crippen LogP contribution >= 0.6 is 0 Å². The Kier molecular flexibility index (Phi) is 7.32. The van der Waals surface area contributed by atoms with Crippen LogP contribution < -0.4 is 16.0 Å². The molecule has 4 N–H and O–H groups in total. The van der Waals surface area contributed by atoms with Crippen LogP contribution in [0.15, 0.2) is 60.7 Å². The highest BCUT2D eigenvalue weighted by atomic mass is 19.1. The van der Waals surface area contributed by atoms with E-state index in [1.54, 1.807) is 12.2 Å². The average molecular weight is 443 g/mol. The van der Waals surface area contributed by atoms with Crippen molar-refractivity contribution in [2.75, 3.05) is 0 Å². The molecule has 0 saturated carbocycles. The second-order valence-corrected chi connectivity index (χ2v) is 7.46. The molecule has 2 unspecified atom stereocenters. The van der Waals surface area contributed by atoms with Crippen LogP contribution in [0.25, 0.3) is 0 Å². The molecule has 7 nitrogen and oxygen atoms in total. The van der Waals surface area contributed by atoms with Crippen molar-refractivity contribution in [2.45, 2.75) is 37.6 Å². The van der Waals surface area contributed by atoms with E-state index in [-0.39, 0.29) is 11.6 Å². The first kappa shape index (κ1) is 23.1. The Labute approximate surface area is 183 Å². The number of hydrogen-bond donors (Lipinski definition) is 4. The molecule has 2 aromatic rings. The van der Waals surface area contributed by atoms with Crippen molar-refractivity contribution >= 4 is 17.7 Å². The molecule has 0 aliphatic carbocycles. The number of aliphatic hydroxyl groups is 1. The number of nitrogens with one attached hydrogen (secondary N) is 3. The van der Waals surface area contributed by atoms with Gasteiger partial charge in [0.2, 0.25) is 11.8 Å². The van der Waals surface area contributed by atoms with E-state index in [1.165, 1.54) is 6.92 Å². The van der Waals surface area contributed by atoms with E-state index in [0.29, 0.717) is 12.5 Å². The second kappa shape index (κ2) is 10.1. The smallest absolute Gasteiger partial charge is 0.254 e. The molecule has 9 heteroatoms. The van der Waals surface area contributed by atoms with Crippen LogP contribution in [-0.2, 0) is 14.4 Å². The van der Waals surface area contributed by atoms with Gasteiger partial charge in [0.05, 0.1) is 6.04 Å². The predicted molar refractivity (Wildman–Crippen MR) is 112 cm³/mol. The first-order valence-corrected chi connectivity index (χ1v) is 10.0. The third-order valence-corrected chi connectivity index (χ3v) is 5.00. The van der Waals surface area contributed by atoms with Crippen molar-refractivity contribution in [1.29, 1.82) is 0 Å². The monoisotopic (exact) mass is 443 g/mol. The summed E-state index contributed by atoms with van der Waals surface area (Å²) in [7, 11) is 0. The summed E-state index contributed by atoms with van der Waals surface area (Å²) in [4.78, 5) is 37.3. The van der Waals surface area contributed by atoms with E-state index in [9.17, 15) is 28.3 Å². The number of halogens is 2. The minimum absolute atomic E-state index is 0.235. The number of amides is 3. The molecule has 168 valence electrons. The first-order valence-electron chi connectivity index (χ1n) is 10.0. The van der Waals surface area contributed by atoms with Crippen LogP contribution in [0.4, 0.5) is 8.78 Å². The average Bonchev–Trinajstić information content (AvgIpc) is 2.94. The number of carbonyl (C=O) groups is 3. The van der Waals surface area contributed by atoms with Gasteiger partial charge in [-0.05, 0) is 36.6 Å². The molecule has 0 fully saturated rings. The third-order valence-electron chi connectivity index (χ3n) is 5.00. The van der Waals surface area contributed by atoms with Crippen molar-refractivity contribution in [3.63, 3.8) is 0 Å². The Hall–Kier alpha value is -3.59. The molecule has 1 aliphatic heterocycles. The van der Waals surface area contributed by atoms with Gasteiger partial charge in [0, 0.05) is 6.07 Å². The van der Waals surface area contributed by atoms with Crippen molar-refractivity contribution in [1.82, 2.24) is 16.0 Å². The van der Waals surface area contributed by atoms with E-state index in [1.807, 2.05) is 30.3 Å². The molecule has 0 aromatic heterocycles. The number of aliphatic hydroxyl groups excluding tert-OH is 1. The van der Waals surface area contributed by atoms with Gasteiger partial charge in [0.15, 0.2) is 6.10 Å². The molecule has 4 atom stereocenters. The molecule has 0 spiro atoms. The van der Waals surface area contributed by atoms with Crippen molar-refractivity contribution < 1.29 is 28.3 Å². The Morgan fingerprint density at radius 2 is 1.75 bits per heavy atom. The molecule has 0 saturated heterocycles. The summed E-state index contributed by atoms with van der Waals surface area (Å²) in [5.41, 5.74) is 0.645. The van der Waals surface area contributed by atoms with Crippen molar-refractivity contribution in [2.24, 2.45) is 0 Å². The largest absolute Gasteiger partial charge is 0.378 e. The zero-order valence-corrected chi connectivity index (χ0v) is 17.2. The van der Waals surface area contributed by atoms with Crippen LogP contribution in [-0.4, -0.2) is 34.9 Å². The Morgan fingerprint density at radius 1 is 1.09 bits per heavy atom. The van der Waals surface area contributed by atoms with Gasteiger partial charge < -0.3 is 21.1 Å². The summed E-state index contributed by atoms with van der Waals surface area (Å²) in [6.07, 6.45) is 2.02. The minimum Gasteiger partial charge on any atom is -0.378 e. The lowest BCUT2D eigenvalue weighted by atomic mass is 10.0. The maximum atomic E-state index is 13.3. The highest BCUT2D eigenvalue weighted by molar-refractivity contribution is 5.93. The number of hydrogen-bond acceptors (Lipinski definition) is 4. The predicted octanol–water partition coefficient (Wildman–Crippen LogP) is 1.81. The normalized spacial score (nSPS) is 19.9. The van der Waals surface area contributed by atoms with Gasteiger partial charge >= 0.3 is 0 Å². The zero-order chi connectivity index (χ0) is 23.3. The van der Waals surface area contributed by atoms with Crippen LogP contribution in [0.2, 0.25) is 0 Å². The second-order valence-electron chi connectivity index (χ2n) is 7.46. The summed E-state index contributed by atoms with van der Waals surface area (Å²) in [6.45, 7) is 1.36.